The number of carbonyl (C=O) groups excluding carboxylic acids is 2. The van der Waals surface area contributed by atoms with E-state index in [1.165, 1.54) is 4.90 Å². The monoisotopic (exact) mass is 330 g/mol. The molecule has 2 N–H and O–H groups in total. The van der Waals surface area contributed by atoms with E-state index in [2.05, 4.69) is 15.9 Å². The van der Waals surface area contributed by atoms with Crippen LogP contribution in [0.1, 0.15) is 29.0 Å². The highest BCUT2D eigenvalue weighted by Gasteiger charge is 2.29. The highest BCUT2D eigenvalue weighted by molar-refractivity contribution is 9.10. The fourth-order valence-corrected chi connectivity index (χ4v) is 2.69. The average molecular weight is 331 g/mol. The lowest BCUT2D eigenvalue weighted by Gasteiger charge is -2.21. The summed E-state index contributed by atoms with van der Waals surface area (Å²) >= 11 is 3.15. The summed E-state index contributed by atoms with van der Waals surface area (Å²) in [6.07, 6.45) is 1.66. The fraction of sp³-hybridized carbons (Fsp3) is 0.500. The first-order valence-electron chi connectivity index (χ1n) is 5.98. The summed E-state index contributed by atoms with van der Waals surface area (Å²) in [5.74, 6) is -0.352. The molecule has 1 fully saturated rings. The van der Waals surface area contributed by atoms with Crippen LogP contribution in [-0.4, -0.2) is 36.1 Å². The number of ether oxygens (including phenoxy) is 1. The molecular formula is C12H15BrN2O4. The molecule has 104 valence electrons. The lowest BCUT2D eigenvalue weighted by molar-refractivity contribution is 0.0385. The number of carbonyl (C=O) groups is 2. The number of urea groups is 1. The first-order valence-corrected chi connectivity index (χ1v) is 6.77. The van der Waals surface area contributed by atoms with Crippen molar-refractivity contribution < 1.29 is 18.7 Å². The highest BCUT2D eigenvalue weighted by atomic mass is 79.9. The van der Waals surface area contributed by atoms with Gasteiger partial charge in [0.05, 0.1) is 6.04 Å². The largest absolute Gasteiger partial charge is 0.458 e. The Morgan fingerprint density at radius 1 is 1.63 bits per heavy atom. The Morgan fingerprint density at radius 2 is 2.37 bits per heavy atom. The van der Waals surface area contributed by atoms with Crippen molar-refractivity contribution in [3.05, 3.63) is 22.1 Å². The van der Waals surface area contributed by atoms with E-state index in [1.54, 1.807) is 13.0 Å². The van der Waals surface area contributed by atoms with Crippen LogP contribution in [0.5, 0.6) is 0 Å². The number of esters is 1. The normalized spacial score (nSPS) is 18.6. The molecule has 0 bridgehead atoms. The number of primary amides is 1. The number of nitrogens with two attached hydrogens (primary N) is 1. The number of nitrogens with zero attached hydrogens (tertiary/aromatic N) is 1. The number of rotatable bonds is 3. The molecular weight excluding hydrogens is 316 g/mol. The predicted octanol–water partition coefficient (Wildman–Crippen LogP) is 2.05. The molecule has 1 aromatic rings. The zero-order valence-corrected chi connectivity index (χ0v) is 12.1. The van der Waals surface area contributed by atoms with E-state index in [-0.39, 0.29) is 18.4 Å². The second kappa shape index (κ2) is 5.64. The number of amides is 2. The van der Waals surface area contributed by atoms with E-state index in [0.29, 0.717) is 16.8 Å². The summed E-state index contributed by atoms with van der Waals surface area (Å²) in [7, 11) is 0. The number of hydrogen-bond donors (Lipinski definition) is 1. The Labute approximate surface area is 119 Å². The van der Waals surface area contributed by atoms with E-state index < -0.39 is 12.0 Å². The van der Waals surface area contributed by atoms with Gasteiger partial charge in [-0.3, -0.25) is 0 Å². The van der Waals surface area contributed by atoms with Gasteiger partial charge in [0.2, 0.25) is 5.76 Å². The number of aryl methyl sites for hydroxylation is 1. The predicted molar refractivity (Wildman–Crippen MR) is 70.7 cm³/mol. The van der Waals surface area contributed by atoms with Crippen LogP contribution < -0.4 is 5.73 Å². The van der Waals surface area contributed by atoms with Gasteiger partial charge in [-0.05, 0) is 41.8 Å². The SMILES string of the molecule is Cc1cc(Br)oc1C(=O)OCC1CCCN1C(N)=O. The van der Waals surface area contributed by atoms with Gasteiger partial charge < -0.3 is 19.8 Å². The van der Waals surface area contributed by atoms with Crippen LogP contribution >= 0.6 is 15.9 Å². The summed E-state index contributed by atoms with van der Waals surface area (Å²) in [5, 5.41) is 0. The molecule has 2 heterocycles. The van der Waals surface area contributed by atoms with Crippen LogP contribution in [0, 0.1) is 6.92 Å². The zero-order chi connectivity index (χ0) is 14.0. The molecule has 1 aliphatic rings. The molecule has 0 radical (unpaired) electrons. The van der Waals surface area contributed by atoms with Crippen LogP contribution in [-0.2, 0) is 4.74 Å². The van der Waals surface area contributed by atoms with Gasteiger partial charge in [-0.2, -0.15) is 0 Å². The van der Waals surface area contributed by atoms with Crippen LogP contribution in [0.4, 0.5) is 4.79 Å². The van der Waals surface area contributed by atoms with Gasteiger partial charge in [-0.25, -0.2) is 9.59 Å². The Balaban J connectivity index is 1.94. The van der Waals surface area contributed by atoms with E-state index in [4.69, 9.17) is 14.9 Å². The van der Waals surface area contributed by atoms with E-state index in [1.807, 2.05) is 0 Å². The molecule has 19 heavy (non-hydrogen) atoms. The minimum atomic E-state index is -0.528. The number of halogens is 1. The molecule has 2 rings (SSSR count). The Morgan fingerprint density at radius 3 is 2.95 bits per heavy atom. The lowest BCUT2D eigenvalue weighted by atomic mass is 10.2. The molecule has 0 aliphatic carbocycles. The van der Waals surface area contributed by atoms with Crippen molar-refractivity contribution in [2.24, 2.45) is 5.73 Å². The summed E-state index contributed by atoms with van der Waals surface area (Å²) < 4.78 is 10.9. The van der Waals surface area contributed by atoms with Gasteiger partial charge in [0.25, 0.3) is 0 Å². The molecule has 2 amide bonds. The summed E-state index contributed by atoms with van der Waals surface area (Å²) in [4.78, 5) is 24.5. The third-order valence-electron chi connectivity index (χ3n) is 3.14. The standard InChI is InChI=1S/C12H15BrN2O4/c1-7-5-9(13)19-10(7)11(16)18-6-8-3-2-4-15(8)12(14)17/h5,8H,2-4,6H2,1H3,(H2,14,17). The maximum atomic E-state index is 11.8. The third kappa shape index (κ3) is 3.09. The molecule has 0 saturated carbocycles. The first kappa shape index (κ1) is 13.9. The van der Waals surface area contributed by atoms with Crippen molar-refractivity contribution in [1.82, 2.24) is 4.90 Å². The maximum Gasteiger partial charge on any atom is 0.374 e. The number of hydrogen-bond acceptors (Lipinski definition) is 4. The van der Waals surface area contributed by atoms with Gasteiger partial charge >= 0.3 is 12.0 Å². The lowest BCUT2D eigenvalue weighted by Crippen LogP contribution is -2.41. The van der Waals surface area contributed by atoms with E-state index in [0.717, 1.165) is 12.8 Å². The van der Waals surface area contributed by atoms with Gasteiger partial charge in [-0.15, -0.1) is 0 Å². The Bertz CT molecular complexity index is 500. The van der Waals surface area contributed by atoms with Gasteiger partial charge in [0.1, 0.15) is 6.61 Å². The molecule has 7 heteroatoms. The van der Waals surface area contributed by atoms with E-state index >= 15 is 0 Å². The Kier molecular flexibility index (Phi) is 4.14. The van der Waals surface area contributed by atoms with Crippen LogP contribution in [0.15, 0.2) is 15.2 Å². The molecule has 6 nitrogen and oxygen atoms in total. The quantitative estimate of drug-likeness (QED) is 0.859. The van der Waals surface area contributed by atoms with Crippen LogP contribution in [0.3, 0.4) is 0 Å². The summed E-state index contributed by atoms with van der Waals surface area (Å²) in [6, 6.07) is 1.08. The van der Waals surface area contributed by atoms with Crippen molar-refractivity contribution in [1.29, 1.82) is 0 Å². The second-order valence-corrected chi connectivity index (χ2v) is 5.27. The fourth-order valence-electron chi connectivity index (χ4n) is 2.18. The van der Waals surface area contributed by atoms with Crippen molar-refractivity contribution in [2.75, 3.05) is 13.2 Å². The van der Waals surface area contributed by atoms with Crippen molar-refractivity contribution in [2.45, 2.75) is 25.8 Å². The van der Waals surface area contributed by atoms with Crippen molar-refractivity contribution in [3.8, 4) is 0 Å². The van der Waals surface area contributed by atoms with Crippen LogP contribution in [0.25, 0.3) is 0 Å². The minimum Gasteiger partial charge on any atom is -0.458 e. The molecule has 1 aliphatic heterocycles. The minimum absolute atomic E-state index is 0.138. The van der Waals surface area contributed by atoms with E-state index in [9.17, 15) is 9.59 Å². The maximum absolute atomic E-state index is 11.8. The molecule has 0 aromatic carbocycles. The third-order valence-corrected chi connectivity index (χ3v) is 3.53. The molecule has 1 atom stereocenters. The molecule has 1 saturated heterocycles. The topological polar surface area (TPSA) is 85.8 Å². The summed E-state index contributed by atoms with van der Waals surface area (Å²) in [5.41, 5.74) is 5.96. The van der Waals surface area contributed by atoms with Gasteiger partial charge in [-0.1, -0.05) is 0 Å². The zero-order valence-electron chi connectivity index (χ0n) is 10.5. The average Bonchev–Trinajstić information content (AvgIpc) is 2.92. The molecule has 1 unspecified atom stereocenters. The summed E-state index contributed by atoms with van der Waals surface area (Å²) in [6.45, 7) is 2.51. The number of furan rings is 1. The van der Waals surface area contributed by atoms with Crippen LogP contribution in [0.2, 0.25) is 0 Å². The molecule has 0 spiro atoms. The second-order valence-electron chi connectivity index (χ2n) is 4.49. The smallest absolute Gasteiger partial charge is 0.374 e. The number of likely N-dealkylation sites (tertiary alicyclic amines) is 1. The Hall–Kier alpha value is -1.50. The van der Waals surface area contributed by atoms with Gasteiger partial charge in [0, 0.05) is 12.1 Å². The first-order chi connectivity index (χ1) is 8.99. The van der Waals surface area contributed by atoms with Crippen molar-refractivity contribution >= 4 is 27.9 Å². The molecule has 1 aromatic heterocycles. The van der Waals surface area contributed by atoms with Crippen molar-refractivity contribution in [3.63, 3.8) is 0 Å². The van der Waals surface area contributed by atoms with Gasteiger partial charge in [0.15, 0.2) is 4.67 Å². The highest BCUT2D eigenvalue weighted by Crippen LogP contribution is 2.21.